The van der Waals surface area contributed by atoms with Gasteiger partial charge < -0.3 is 15.2 Å². The summed E-state index contributed by atoms with van der Waals surface area (Å²) >= 11 is 0. The summed E-state index contributed by atoms with van der Waals surface area (Å²) in [4.78, 5) is 0. The Morgan fingerprint density at radius 2 is 1.80 bits per heavy atom. The minimum Gasteiger partial charge on any atom is -0.491 e. The molecule has 0 aliphatic heterocycles. The van der Waals surface area contributed by atoms with Gasteiger partial charge in [0.1, 0.15) is 18.5 Å². The van der Waals surface area contributed by atoms with Crippen LogP contribution in [0.5, 0.6) is 5.75 Å². The van der Waals surface area contributed by atoms with Crippen LogP contribution in [0.2, 0.25) is 0 Å². The fraction of sp³-hybridized carbons (Fsp3) is 0.412. The van der Waals surface area contributed by atoms with Crippen molar-refractivity contribution in [1.29, 1.82) is 0 Å². The van der Waals surface area contributed by atoms with Gasteiger partial charge >= 0.3 is 0 Å². The lowest BCUT2D eigenvalue weighted by molar-refractivity contribution is 0.106. The second-order valence-corrected chi connectivity index (χ2v) is 5.53. The van der Waals surface area contributed by atoms with Gasteiger partial charge in [0, 0.05) is 6.54 Å². The predicted octanol–water partition coefficient (Wildman–Crippen LogP) is 2.83. The number of ether oxygens (including phenoxy) is 1. The van der Waals surface area contributed by atoms with Crippen LogP contribution in [-0.4, -0.2) is 30.9 Å². The summed E-state index contributed by atoms with van der Waals surface area (Å²) in [6, 6.07) is 14.1. The van der Waals surface area contributed by atoms with E-state index in [1.807, 2.05) is 30.3 Å². The molecule has 0 aromatic heterocycles. The van der Waals surface area contributed by atoms with E-state index in [9.17, 15) is 5.11 Å². The maximum absolute atomic E-state index is 9.85. The van der Waals surface area contributed by atoms with Gasteiger partial charge in [-0.2, -0.15) is 0 Å². The molecule has 1 atom stereocenters. The Labute approximate surface area is 120 Å². The topological polar surface area (TPSA) is 41.5 Å². The van der Waals surface area contributed by atoms with E-state index in [0.717, 1.165) is 17.7 Å². The van der Waals surface area contributed by atoms with Crippen LogP contribution in [0.4, 0.5) is 0 Å². The average Bonchev–Trinajstić information content (AvgIpc) is 2.44. The molecule has 0 heterocycles. The average molecular weight is 273 g/mol. The minimum absolute atomic E-state index is 0.309. The summed E-state index contributed by atoms with van der Waals surface area (Å²) in [6.45, 7) is 6.07. The first-order valence-electron chi connectivity index (χ1n) is 7.15. The molecule has 0 spiro atoms. The van der Waals surface area contributed by atoms with Crippen molar-refractivity contribution in [2.75, 3.05) is 19.7 Å². The van der Waals surface area contributed by atoms with E-state index in [0.29, 0.717) is 19.1 Å². The third kappa shape index (κ3) is 4.51. The van der Waals surface area contributed by atoms with Crippen molar-refractivity contribution in [3.63, 3.8) is 0 Å². The molecule has 108 valence electrons. The molecule has 2 aromatic carbocycles. The number of aliphatic hydroxyl groups excluding tert-OH is 1. The number of rotatable bonds is 7. The largest absolute Gasteiger partial charge is 0.491 e. The van der Waals surface area contributed by atoms with Crippen molar-refractivity contribution in [3.8, 4) is 5.75 Å². The number of hydrogen-bond donors (Lipinski definition) is 2. The molecule has 0 bridgehead atoms. The van der Waals surface area contributed by atoms with E-state index >= 15 is 0 Å². The highest BCUT2D eigenvalue weighted by Gasteiger charge is 2.05. The molecule has 2 N–H and O–H groups in total. The summed E-state index contributed by atoms with van der Waals surface area (Å²) in [5.41, 5.74) is 0. The minimum atomic E-state index is -0.486. The zero-order valence-electron chi connectivity index (χ0n) is 12.2. The Hall–Kier alpha value is -1.58. The molecule has 2 rings (SSSR count). The van der Waals surface area contributed by atoms with Gasteiger partial charge in [0.05, 0.1) is 0 Å². The van der Waals surface area contributed by atoms with Gasteiger partial charge in [-0.25, -0.2) is 0 Å². The van der Waals surface area contributed by atoms with Gasteiger partial charge in [0.2, 0.25) is 0 Å². The lowest BCUT2D eigenvalue weighted by atomic mass is 10.1. The van der Waals surface area contributed by atoms with Crippen molar-refractivity contribution in [3.05, 3.63) is 42.5 Å². The van der Waals surface area contributed by atoms with Gasteiger partial charge in [-0.3, -0.25) is 0 Å². The van der Waals surface area contributed by atoms with E-state index in [-0.39, 0.29) is 0 Å². The maximum Gasteiger partial charge on any atom is 0.120 e. The predicted molar refractivity (Wildman–Crippen MR) is 83.2 cm³/mol. The highest BCUT2D eigenvalue weighted by Crippen LogP contribution is 2.20. The molecule has 2 aromatic rings. The highest BCUT2D eigenvalue weighted by atomic mass is 16.5. The Bertz CT molecular complexity index is 539. The third-order valence-electron chi connectivity index (χ3n) is 3.10. The maximum atomic E-state index is 9.85. The van der Waals surface area contributed by atoms with E-state index in [1.54, 1.807) is 0 Å². The van der Waals surface area contributed by atoms with E-state index < -0.39 is 6.10 Å². The molecule has 20 heavy (non-hydrogen) atoms. The van der Waals surface area contributed by atoms with Crippen LogP contribution in [0.25, 0.3) is 10.8 Å². The van der Waals surface area contributed by atoms with Crippen LogP contribution in [-0.2, 0) is 0 Å². The van der Waals surface area contributed by atoms with E-state index in [4.69, 9.17) is 4.74 Å². The number of nitrogens with one attached hydrogen (secondary N) is 1. The second-order valence-electron chi connectivity index (χ2n) is 5.53. The first-order valence-corrected chi connectivity index (χ1v) is 7.15. The molecule has 0 amide bonds. The Morgan fingerprint density at radius 1 is 1.05 bits per heavy atom. The number of aliphatic hydroxyl groups is 1. The molecule has 0 radical (unpaired) electrons. The fourth-order valence-electron chi connectivity index (χ4n) is 2.05. The fourth-order valence-corrected chi connectivity index (χ4v) is 2.05. The van der Waals surface area contributed by atoms with Gasteiger partial charge in [-0.1, -0.05) is 44.2 Å². The molecule has 0 aliphatic carbocycles. The Morgan fingerprint density at radius 3 is 2.55 bits per heavy atom. The van der Waals surface area contributed by atoms with Crippen molar-refractivity contribution < 1.29 is 9.84 Å². The summed E-state index contributed by atoms with van der Waals surface area (Å²) < 4.78 is 5.64. The quantitative estimate of drug-likeness (QED) is 0.815. The SMILES string of the molecule is CC(C)CNCC(O)COc1ccc2ccccc2c1. The van der Waals surface area contributed by atoms with Crippen molar-refractivity contribution in [2.24, 2.45) is 5.92 Å². The van der Waals surface area contributed by atoms with Crippen molar-refractivity contribution >= 4 is 10.8 Å². The van der Waals surface area contributed by atoms with Gasteiger partial charge in [-0.15, -0.1) is 0 Å². The Kier molecular flexibility index (Phi) is 5.39. The van der Waals surface area contributed by atoms with Crippen LogP contribution < -0.4 is 10.1 Å². The highest BCUT2D eigenvalue weighted by molar-refractivity contribution is 5.83. The number of hydrogen-bond acceptors (Lipinski definition) is 3. The van der Waals surface area contributed by atoms with Crippen LogP contribution >= 0.6 is 0 Å². The third-order valence-corrected chi connectivity index (χ3v) is 3.10. The number of fused-ring (bicyclic) bond motifs is 1. The zero-order valence-corrected chi connectivity index (χ0v) is 12.2. The molecule has 3 heteroatoms. The first-order chi connectivity index (χ1) is 9.65. The van der Waals surface area contributed by atoms with Gasteiger partial charge in [0.25, 0.3) is 0 Å². The summed E-state index contributed by atoms with van der Waals surface area (Å²) in [6.07, 6.45) is -0.486. The van der Waals surface area contributed by atoms with Crippen molar-refractivity contribution in [1.82, 2.24) is 5.32 Å². The summed E-state index contributed by atoms with van der Waals surface area (Å²) in [7, 11) is 0. The van der Waals surface area contributed by atoms with E-state index in [2.05, 4.69) is 31.3 Å². The smallest absolute Gasteiger partial charge is 0.120 e. The standard InChI is InChI=1S/C17H23NO2/c1-13(2)10-18-11-16(19)12-20-17-8-7-14-5-3-4-6-15(14)9-17/h3-9,13,16,18-19H,10-12H2,1-2H3. The molecular weight excluding hydrogens is 250 g/mol. The molecule has 0 fully saturated rings. The Balaban J connectivity index is 1.83. The molecule has 0 aliphatic rings. The van der Waals surface area contributed by atoms with Crippen LogP contribution in [0.15, 0.2) is 42.5 Å². The molecule has 3 nitrogen and oxygen atoms in total. The molecule has 0 saturated carbocycles. The molecule has 1 unspecified atom stereocenters. The van der Waals surface area contributed by atoms with E-state index in [1.165, 1.54) is 5.39 Å². The molecular formula is C17H23NO2. The summed E-state index contributed by atoms with van der Waals surface area (Å²) in [5, 5.41) is 15.4. The lowest BCUT2D eigenvalue weighted by Gasteiger charge is -2.14. The van der Waals surface area contributed by atoms with Gasteiger partial charge in [-0.05, 0) is 35.4 Å². The molecule has 0 saturated heterocycles. The zero-order chi connectivity index (χ0) is 14.4. The van der Waals surface area contributed by atoms with Crippen LogP contribution in [0, 0.1) is 5.92 Å². The number of benzene rings is 2. The normalized spacial score (nSPS) is 12.8. The lowest BCUT2D eigenvalue weighted by Crippen LogP contribution is -2.33. The monoisotopic (exact) mass is 273 g/mol. The van der Waals surface area contributed by atoms with Crippen LogP contribution in [0.1, 0.15) is 13.8 Å². The first kappa shape index (κ1) is 14.8. The van der Waals surface area contributed by atoms with Crippen LogP contribution in [0.3, 0.4) is 0 Å². The summed E-state index contributed by atoms with van der Waals surface area (Å²) in [5.74, 6) is 1.38. The van der Waals surface area contributed by atoms with Gasteiger partial charge in [0.15, 0.2) is 0 Å². The second kappa shape index (κ2) is 7.27. The van der Waals surface area contributed by atoms with Crippen molar-refractivity contribution in [2.45, 2.75) is 20.0 Å².